The van der Waals surface area contributed by atoms with E-state index < -0.39 is 0 Å². The van der Waals surface area contributed by atoms with E-state index in [1.54, 1.807) is 12.3 Å². The molecule has 0 aliphatic rings. The Kier molecular flexibility index (Phi) is 1.20. The summed E-state index contributed by atoms with van der Waals surface area (Å²) >= 11 is 3.11. The molecule has 0 spiro atoms. The molecule has 0 radical (unpaired) electrons. The Morgan fingerprint density at radius 1 is 1.50 bits per heavy atom. The van der Waals surface area contributed by atoms with Gasteiger partial charge in [0.1, 0.15) is 0 Å². The quantitative estimate of drug-likeness (QED) is 0.651. The lowest BCUT2D eigenvalue weighted by Crippen LogP contribution is -1.71. The van der Waals surface area contributed by atoms with Crippen LogP contribution in [0.3, 0.4) is 0 Å². The summed E-state index contributed by atoms with van der Waals surface area (Å²) in [7, 11) is 0. The average molecular weight is 199 g/mol. The van der Waals surface area contributed by atoms with Gasteiger partial charge in [0.2, 0.25) is 0 Å². The topological polar surface area (TPSA) is 38.9 Å². The summed E-state index contributed by atoms with van der Waals surface area (Å²) < 4.78 is 5.11. The number of fused-ring (bicyclic) bond motifs is 1. The molecule has 2 aromatic rings. The van der Waals surface area contributed by atoms with E-state index in [0.29, 0.717) is 16.0 Å². The zero-order chi connectivity index (χ0) is 6.97. The van der Waals surface area contributed by atoms with Crippen LogP contribution >= 0.6 is 15.9 Å². The number of rotatable bonds is 0. The summed E-state index contributed by atoms with van der Waals surface area (Å²) in [5.41, 5.74) is 1.34. The van der Waals surface area contributed by atoms with Crippen LogP contribution in [0.5, 0.6) is 0 Å². The summed E-state index contributed by atoms with van der Waals surface area (Å²) in [5.74, 6) is 0. The van der Waals surface area contributed by atoms with Crippen LogP contribution in [0.1, 0.15) is 0 Å². The van der Waals surface area contributed by atoms with Crippen LogP contribution in [0, 0.1) is 0 Å². The molecule has 0 saturated carbocycles. The van der Waals surface area contributed by atoms with Crippen LogP contribution in [0.15, 0.2) is 27.5 Å². The van der Waals surface area contributed by atoms with Gasteiger partial charge < -0.3 is 4.42 Å². The number of hydrogen-bond donors (Lipinski definition) is 0. The number of aromatic nitrogens is 2. The molecular weight excluding hydrogens is 196 g/mol. The van der Waals surface area contributed by atoms with Gasteiger partial charge in [0, 0.05) is 22.1 Å². The van der Waals surface area contributed by atoms with Crippen molar-refractivity contribution in [1.82, 2.24) is 9.97 Å². The van der Waals surface area contributed by atoms with Crippen molar-refractivity contribution in [3.63, 3.8) is 0 Å². The fourth-order valence-electron chi connectivity index (χ4n) is 0.743. The lowest BCUT2D eigenvalue weighted by atomic mass is 10.5. The maximum absolute atomic E-state index is 5.11. The molecule has 2 rings (SSSR count). The minimum Gasteiger partial charge on any atom is -0.429 e. The number of halogens is 1. The van der Waals surface area contributed by atoms with Crippen molar-refractivity contribution in [3.05, 3.63) is 23.1 Å². The second kappa shape index (κ2) is 2.05. The highest BCUT2D eigenvalue weighted by Gasteiger charge is 2.00. The van der Waals surface area contributed by atoms with E-state index in [-0.39, 0.29) is 0 Å². The number of oxazole rings is 1. The van der Waals surface area contributed by atoms with E-state index in [0.717, 1.165) is 0 Å². The summed E-state index contributed by atoms with van der Waals surface area (Å²) in [6.45, 7) is 0. The average Bonchev–Trinajstić information content (AvgIpc) is 2.27. The molecule has 0 aliphatic heterocycles. The molecule has 0 aliphatic carbocycles. The van der Waals surface area contributed by atoms with Crippen molar-refractivity contribution in [1.29, 1.82) is 0 Å². The third kappa shape index (κ3) is 0.806. The summed E-state index contributed by atoms with van der Waals surface area (Å²) in [6.07, 6.45) is 1.68. The fourth-order valence-corrected chi connectivity index (χ4v) is 1.09. The van der Waals surface area contributed by atoms with Crippen LogP contribution in [0.4, 0.5) is 0 Å². The zero-order valence-corrected chi connectivity index (χ0v) is 6.50. The summed E-state index contributed by atoms with van der Waals surface area (Å²) in [4.78, 5) is 8.39. The Balaban J connectivity index is 2.88. The molecule has 0 bridgehead atoms. The standard InChI is InChI=1S/C6H3BrN2O/c7-6-9-5-4(10-6)2-1-3-8-5/h1-3H. The minimum atomic E-state index is 0.473. The first kappa shape index (κ1) is 5.85. The molecule has 0 amide bonds. The largest absolute Gasteiger partial charge is 0.429 e. The van der Waals surface area contributed by atoms with Gasteiger partial charge in [0.15, 0.2) is 11.2 Å². The highest BCUT2D eigenvalue weighted by atomic mass is 79.9. The molecular formula is C6H3BrN2O. The molecule has 0 saturated heterocycles. The van der Waals surface area contributed by atoms with Crippen LogP contribution in [0.25, 0.3) is 11.2 Å². The molecule has 10 heavy (non-hydrogen) atoms. The molecule has 3 nitrogen and oxygen atoms in total. The maximum atomic E-state index is 5.11. The molecule has 2 aromatic heterocycles. The van der Waals surface area contributed by atoms with Gasteiger partial charge >= 0.3 is 0 Å². The van der Waals surface area contributed by atoms with Crippen LogP contribution in [-0.4, -0.2) is 9.97 Å². The Morgan fingerprint density at radius 2 is 2.40 bits per heavy atom. The van der Waals surface area contributed by atoms with Crippen molar-refractivity contribution in [2.45, 2.75) is 0 Å². The lowest BCUT2D eigenvalue weighted by Gasteiger charge is -1.78. The van der Waals surface area contributed by atoms with E-state index in [1.807, 2.05) is 6.07 Å². The molecule has 2 heterocycles. The summed E-state index contributed by atoms with van der Waals surface area (Å²) in [6, 6.07) is 3.63. The Labute approximate surface area is 65.2 Å². The maximum Gasteiger partial charge on any atom is 0.266 e. The van der Waals surface area contributed by atoms with Gasteiger partial charge in [0.05, 0.1) is 0 Å². The zero-order valence-electron chi connectivity index (χ0n) is 4.91. The number of hydrogen-bond acceptors (Lipinski definition) is 3. The Bertz CT molecular complexity index is 324. The van der Waals surface area contributed by atoms with Crippen molar-refractivity contribution in [2.24, 2.45) is 0 Å². The molecule has 4 heteroatoms. The smallest absolute Gasteiger partial charge is 0.266 e. The summed E-state index contributed by atoms with van der Waals surface area (Å²) in [5, 5.41) is 0. The van der Waals surface area contributed by atoms with E-state index in [1.165, 1.54) is 0 Å². The van der Waals surface area contributed by atoms with Crippen LogP contribution in [0.2, 0.25) is 0 Å². The minimum absolute atomic E-state index is 0.473. The van der Waals surface area contributed by atoms with Crippen molar-refractivity contribution < 1.29 is 4.42 Å². The Morgan fingerprint density at radius 3 is 3.20 bits per heavy atom. The first-order valence-corrected chi connectivity index (χ1v) is 3.52. The van der Waals surface area contributed by atoms with Gasteiger partial charge in [-0.25, -0.2) is 4.98 Å². The van der Waals surface area contributed by atoms with E-state index in [4.69, 9.17) is 4.42 Å². The van der Waals surface area contributed by atoms with Crippen molar-refractivity contribution in [3.8, 4) is 0 Å². The molecule has 0 fully saturated rings. The van der Waals surface area contributed by atoms with Crippen LogP contribution < -0.4 is 0 Å². The van der Waals surface area contributed by atoms with Crippen molar-refractivity contribution >= 4 is 27.2 Å². The molecule has 0 aromatic carbocycles. The van der Waals surface area contributed by atoms with E-state index in [9.17, 15) is 0 Å². The van der Waals surface area contributed by atoms with Gasteiger partial charge in [0.25, 0.3) is 4.80 Å². The molecule has 0 atom stereocenters. The van der Waals surface area contributed by atoms with Gasteiger partial charge in [-0.1, -0.05) is 0 Å². The monoisotopic (exact) mass is 198 g/mol. The molecule has 0 N–H and O–H groups in total. The number of pyridine rings is 1. The SMILES string of the molecule is Brc1nc2ncccc2o1. The normalized spacial score (nSPS) is 10.5. The highest BCUT2D eigenvalue weighted by Crippen LogP contribution is 2.15. The van der Waals surface area contributed by atoms with Gasteiger partial charge in [-0.15, -0.1) is 0 Å². The highest BCUT2D eigenvalue weighted by molar-refractivity contribution is 9.10. The fraction of sp³-hybridized carbons (Fsp3) is 0. The van der Waals surface area contributed by atoms with Crippen molar-refractivity contribution in [2.75, 3.05) is 0 Å². The van der Waals surface area contributed by atoms with Gasteiger partial charge in [-0.2, -0.15) is 4.98 Å². The Hall–Kier alpha value is -0.900. The second-order valence-electron chi connectivity index (χ2n) is 1.79. The number of nitrogens with zero attached hydrogens (tertiary/aromatic N) is 2. The van der Waals surface area contributed by atoms with E-state index in [2.05, 4.69) is 25.9 Å². The lowest BCUT2D eigenvalue weighted by molar-refractivity contribution is 0.570. The van der Waals surface area contributed by atoms with Crippen LogP contribution in [-0.2, 0) is 0 Å². The third-order valence-corrected chi connectivity index (χ3v) is 1.48. The second-order valence-corrected chi connectivity index (χ2v) is 2.47. The first-order valence-electron chi connectivity index (χ1n) is 2.73. The van der Waals surface area contributed by atoms with Gasteiger partial charge in [-0.05, 0) is 12.1 Å². The third-order valence-electron chi connectivity index (χ3n) is 1.14. The predicted octanol–water partition coefficient (Wildman–Crippen LogP) is 1.99. The van der Waals surface area contributed by atoms with E-state index >= 15 is 0 Å². The van der Waals surface area contributed by atoms with Gasteiger partial charge in [-0.3, -0.25) is 0 Å². The predicted molar refractivity (Wildman–Crippen MR) is 39.5 cm³/mol. The first-order chi connectivity index (χ1) is 4.86. The molecule has 50 valence electrons. The molecule has 0 unspecified atom stereocenters.